The van der Waals surface area contributed by atoms with Crippen molar-refractivity contribution >= 4 is 31.0 Å². The molecule has 0 aromatic carbocycles. The van der Waals surface area contributed by atoms with Gasteiger partial charge in [0.15, 0.2) is 0 Å². The molecule has 1 unspecified atom stereocenters. The Balaban J connectivity index is 3.85. The number of phosphoric ester groups is 1. The second-order valence-corrected chi connectivity index (χ2v) is 7.09. The molecule has 0 saturated carbocycles. The van der Waals surface area contributed by atoms with Crippen molar-refractivity contribution < 1.29 is 18.5 Å². The van der Waals surface area contributed by atoms with Crippen LogP contribution in [-0.4, -0.2) is 12.0 Å². The Morgan fingerprint density at radius 3 is 2.00 bits per heavy atom. The van der Waals surface area contributed by atoms with Gasteiger partial charge in [-0.15, -0.1) is 0 Å². The lowest BCUT2D eigenvalue weighted by molar-refractivity contribution is 0.205. The van der Waals surface area contributed by atoms with Crippen LogP contribution in [-0.2, 0) is 13.6 Å². The predicted molar refractivity (Wildman–Crippen MR) is 83.9 cm³/mol. The van der Waals surface area contributed by atoms with Crippen LogP contribution in [0.1, 0.15) is 64.7 Å². The van der Waals surface area contributed by atoms with Crippen molar-refractivity contribution in [2.24, 2.45) is 0 Å². The zero-order valence-corrected chi connectivity index (χ0v) is 14.6. The van der Waals surface area contributed by atoms with Crippen LogP contribution in [0, 0.1) is 0 Å². The Labute approximate surface area is 132 Å². The van der Waals surface area contributed by atoms with Crippen molar-refractivity contribution in [2.45, 2.75) is 64.7 Å². The van der Waals surface area contributed by atoms with Crippen molar-refractivity contribution in [3.05, 3.63) is 10.3 Å². The minimum absolute atomic E-state index is 0.118. The van der Waals surface area contributed by atoms with Crippen molar-refractivity contribution in [1.29, 1.82) is 0 Å². The molecule has 0 heterocycles. The highest BCUT2D eigenvalue weighted by atomic mass is 35.5. The van der Waals surface area contributed by atoms with E-state index in [-0.39, 0.29) is 10.3 Å². The van der Waals surface area contributed by atoms with Gasteiger partial charge in [0.05, 0.1) is 0 Å². The van der Waals surface area contributed by atoms with Crippen LogP contribution in [0.3, 0.4) is 0 Å². The van der Waals surface area contributed by atoms with Gasteiger partial charge in [-0.05, 0) is 6.42 Å². The highest BCUT2D eigenvalue weighted by molar-refractivity contribution is 7.47. The molecule has 0 amide bonds. The first-order chi connectivity index (χ1) is 9.43. The smallest absolute Gasteiger partial charge is 0.406 e. The molecule has 0 aliphatic carbocycles. The fourth-order valence-corrected chi connectivity index (χ4v) is 2.68. The fourth-order valence-electron chi connectivity index (χ4n) is 1.77. The summed E-state index contributed by atoms with van der Waals surface area (Å²) in [6.45, 7) is 2.20. The monoisotopic (exact) mass is 346 g/mol. The SMILES string of the molecule is CCCCCCCCCCC(OP(=O)(O)OC)=C(Cl)Cl. The van der Waals surface area contributed by atoms with E-state index in [0.29, 0.717) is 6.42 Å². The molecule has 120 valence electrons. The van der Waals surface area contributed by atoms with Gasteiger partial charge < -0.3 is 4.52 Å². The van der Waals surface area contributed by atoms with E-state index < -0.39 is 7.82 Å². The van der Waals surface area contributed by atoms with Crippen LogP contribution in [0.4, 0.5) is 0 Å². The van der Waals surface area contributed by atoms with E-state index in [1.165, 1.54) is 32.1 Å². The quantitative estimate of drug-likeness (QED) is 0.270. The number of hydrogen-bond donors (Lipinski definition) is 1. The normalized spacial score (nSPS) is 13.8. The maximum Gasteiger partial charge on any atom is 0.526 e. The van der Waals surface area contributed by atoms with Crippen LogP contribution >= 0.6 is 31.0 Å². The van der Waals surface area contributed by atoms with Gasteiger partial charge in [0.25, 0.3) is 0 Å². The largest absolute Gasteiger partial charge is 0.526 e. The molecule has 0 saturated heterocycles. The van der Waals surface area contributed by atoms with E-state index >= 15 is 0 Å². The molecule has 1 N–H and O–H groups in total. The maximum atomic E-state index is 11.3. The van der Waals surface area contributed by atoms with E-state index in [9.17, 15) is 9.46 Å². The number of halogens is 2. The van der Waals surface area contributed by atoms with Gasteiger partial charge in [-0.25, -0.2) is 4.57 Å². The fraction of sp³-hybridized carbons (Fsp3) is 0.846. The standard InChI is InChI=1S/C13H25Cl2O4P/c1-3-4-5-6-7-8-9-10-11-12(13(14)15)19-20(16,17)18-2/h3-11H2,1-2H3,(H,16,17). The van der Waals surface area contributed by atoms with Gasteiger partial charge in [-0.2, -0.15) is 0 Å². The van der Waals surface area contributed by atoms with Gasteiger partial charge >= 0.3 is 7.82 Å². The summed E-state index contributed by atoms with van der Waals surface area (Å²) in [6.07, 6.45) is 9.72. The summed E-state index contributed by atoms with van der Waals surface area (Å²) in [7, 11) is -2.99. The molecular formula is C13H25Cl2O4P. The molecule has 0 aliphatic rings. The molecule has 0 fully saturated rings. The summed E-state index contributed by atoms with van der Waals surface area (Å²) < 4.78 is 20.3. The van der Waals surface area contributed by atoms with Crippen molar-refractivity contribution in [1.82, 2.24) is 0 Å². The molecule has 1 atom stereocenters. The average molecular weight is 347 g/mol. The van der Waals surface area contributed by atoms with Crippen molar-refractivity contribution in [2.75, 3.05) is 7.11 Å². The van der Waals surface area contributed by atoms with E-state index in [1.54, 1.807) is 0 Å². The number of unbranched alkanes of at least 4 members (excludes halogenated alkanes) is 7. The number of hydrogen-bond acceptors (Lipinski definition) is 3. The Hall–Kier alpha value is 0.270. The third kappa shape index (κ3) is 11.0. The van der Waals surface area contributed by atoms with Crippen LogP contribution in [0.5, 0.6) is 0 Å². The van der Waals surface area contributed by atoms with Crippen LogP contribution in [0.2, 0.25) is 0 Å². The van der Waals surface area contributed by atoms with Crippen molar-refractivity contribution in [3.63, 3.8) is 0 Å². The molecule has 0 rings (SSSR count). The predicted octanol–water partition coefficient (Wildman–Crippen LogP) is 5.93. The van der Waals surface area contributed by atoms with Gasteiger partial charge in [0, 0.05) is 13.5 Å². The molecule has 0 aromatic rings. The second-order valence-electron chi connectivity index (χ2n) is 4.65. The minimum atomic E-state index is -4.08. The first-order valence-corrected chi connectivity index (χ1v) is 9.30. The van der Waals surface area contributed by atoms with Crippen molar-refractivity contribution in [3.8, 4) is 0 Å². The molecule has 0 aliphatic heterocycles. The summed E-state index contributed by atoms with van der Waals surface area (Å²) in [5.41, 5.74) is 0. The molecule has 4 nitrogen and oxygen atoms in total. The molecule has 0 radical (unpaired) electrons. The van der Waals surface area contributed by atoms with E-state index in [2.05, 4.69) is 11.4 Å². The molecule has 0 bridgehead atoms. The Bertz CT molecular complexity index is 330. The Morgan fingerprint density at radius 1 is 1.05 bits per heavy atom. The van der Waals surface area contributed by atoms with Gasteiger partial charge in [0.1, 0.15) is 10.3 Å². The zero-order valence-electron chi connectivity index (χ0n) is 12.2. The third-order valence-corrected chi connectivity index (χ3v) is 4.26. The molecular weight excluding hydrogens is 322 g/mol. The summed E-state index contributed by atoms with van der Waals surface area (Å²) in [5, 5.41) is 0. The van der Waals surface area contributed by atoms with Crippen LogP contribution in [0.15, 0.2) is 10.3 Å². The Kier molecular flexibility index (Phi) is 12.0. The van der Waals surface area contributed by atoms with E-state index in [4.69, 9.17) is 27.7 Å². The van der Waals surface area contributed by atoms with Crippen LogP contribution in [0.25, 0.3) is 0 Å². The van der Waals surface area contributed by atoms with Crippen LogP contribution < -0.4 is 0 Å². The first kappa shape index (κ1) is 20.3. The highest BCUT2D eigenvalue weighted by Gasteiger charge is 2.23. The van der Waals surface area contributed by atoms with Gasteiger partial charge in [-0.3, -0.25) is 9.42 Å². The highest BCUT2D eigenvalue weighted by Crippen LogP contribution is 2.46. The lowest BCUT2D eigenvalue weighted by Crippen LogP contribution is -1.94. The lowest BCUT2D eigenvalue weighted by Gasteiger charge is -2.13. The number of phosphoric acid groups is 1. The number of rotatable bonds is 12. The second kappa shape index (κ2) is 11.9. The molecule has 7 heteroatoms. The lowest BCUT2D eigenvalue weighted by atomic mass is 10.1. The summed E-state index contributed by atoms with van der Waals surface area (Å²) in [4.78, 5) is 9.23. The zero-order chi connectivity index (χ0) is 15.4. The van der Waals surface area contributed by atoms with Gasteiger partial charge in [0.2, 0.25) is 0 Å². The summed E-state index contributed by atoms with van der Waals surface area (Å²) in [6, 6.07) is 0. The third-order valence-electron chi connectivity index (χ3n) is 2.92. The van der Waals surface area contributed by atoms with E-state index in [0.717, 1.165) is 26.4 Å². The number of allylic oxidation sites excluding steroid dienone is 1. The summed E-state index contributed by atoms with van der Waals surface area (Å²) in [5.74, 6) is 0.118. The first-order valence-electron chi connectivity index (χ1n) is 7.05. The molecule has 0 spiro atoms. The average Bonchev–Trinajstić information content (AvgIpc) is 2.40. The minimum Gasteiger partial charge on any atom is -0.406 e. The molecule has 20 heavy (non-hydrogen) atoms. The Morgan fingerprint density at radius 2 is 1.55 bits per heavy atom. The topological polar surface area (TPSA) is 55.8 Å². The summed E-state index contributed by atoms with van der Waals surface area (Å²) >= 11 is 11.3. The van der Waals surface area contributed by atoms with E-state index in [1.807, 2.05) is 0 Å². The molecule has 0 aromatic heterocycles. The maximum absolute atomic E-state index is 11.3. The van der Waals surface area contributed by atoms with Gasteiger partial charge in [-0.1, -0.05) is 75.1 Å².